The number of hydrogen-bond acceptors (Lipinski definition) is 9. The Labute approximate surface area is 244 Å². The molecule has 200 valence electrons. The van der Waals surface area contributed by atoms with Crippen LogP contribution in [0.3, 0.4) is 0 Å². The first-order chi connectivity index (χ1) is 19.2. The van der Waals surface area contributed by atoms with E-state index >= 15 is 0 Å². The molecule has 0 N–H and O–H groups in total. The third-order valence-electron chi connectivity index (χ3n) is 5.31. The van der Waals surface area contributed by atoms with Crippen LogP contribution in [-0.4, -0.2) is 21.4 Å². The smallest absolute Gasteiger partial charge is 0.289 e. The van der Waals surface area contributed by atoms with Crippen molar-refractivity contribution in [3.63, 3.8) is 0 Å². The molecule has 3 heterocycles. The van der Waals surface area contributed by atoms with Gasteiger partial charge in [-0.1, -0.05) is 70.7 Å². The van der Waals surface area contributed by atoms with E-state index in [0.717, 1.165) is 43.9 Å². The summed E-state index contributed by atoms with van der Waals surface area (Å²) in [6.45, 7) is 0. The number of benzene rings is 2. The van der Waals surface area contributed by atoms with Crippen molar-refractivity contribution in [1.82, 2.24) is 0 Å². The monoisotopic (exact) mass is 608 g/mol. The molecule has 3 aromatic heterocycles. The number of thiophene rings is 3. The van der Waals surface area contributed by atoms with Crippen molar-refractivity contribution in [3.05, 3.63) is 136 Å². The molecule has 5 rings (SSSR count). The van der Waals surface area contributed by atoms with Crippen LogP contribution in [0.1, 0.15) is 31.8 Å². The van der Waals surface area contributed by atoms with Gasteiger partial charge in [0.2, 0.25) is 0 Å². The summed E-state index contributed by atoms with van der Waals surface area (Å²) in [7, 11) is 0. The molecule has 0 aliphatic heterocycles. The predicted octanol–water partition coefficient (Wildman–Crippen LogP) is 8.97. The highest BCUT2D eigenvalue weighted by molar-refractivity contribution is 7.17. The number of allylic oxidation sites excluding steroid dienone is 2. The molecule has 0 aliphatic carbocycles. The number of nitrogens with zero attached hydrogens (tertiary/aromatic N) is 2. The second kappa shape index (κ2) is 13.2. The molecule has 40 heavy (non-hydrogen) atoms. The SMILES string of the molecule is O=C(C=Cc1ccc(Cl)cc1)c1csc2ccccc12.O=C(C=Cc1csc([N+](=O)[O-])c1)c1csc([N+](=O)[O-])c1. The number of ketones is 2. The number of halogens is 1. The largest absolute Gasteiger partial charge is 0.324 e. The first-order valence-electron chi connectivity index (χ1n) is 11.3. The Morgan fingerprint density at radius 1 is 0.725 bits per heavy atom. The van der Waals surface area contributed by atoms with E-state index in [1.165, 1.54) is 29.7 Å². The lowest BCUT2D eigenvalue weighted by molar-refractivity contribution is -0.380. The number of fused-ring (bicyclic) bond motifs is 1. The fourth-order valence-corrected chi connectivity index (χ4v) is 5.83. The Kier molecular flexibility index (Phi) is 9.46. The van der Waals surface area contributed by atoms with Gasteiger partial charge >= 0.3 is 10.0 Å². The molecular weight excluding hydrogens is 592 g/mol. The molecule has 0 fully saturated rings. The van der Waals surface area contributed by atoms with Crippen LogP contribution in [0.2, 0.25) is 5.02 Å². The molecule has 0 aliphatic rings. The van der Waals surface area contributed by atoms with E-state index in [9.17, 15) is 29.8 Å². The van der Waals surface area contributed by atoms with Gasteiger partial charge in [0.25, 0.3) is 0 Å². The average molecular weight is 609 g/mol. The Balaban J connectivity index is 0.000000185. The maximum Gasteiger partial charge on any atom is 0.324 e. The van der Waals surface area contributed by atoms with Crippen LogP contribution in [0.5, 0.6) is 0 Å². The van der Waals surface area contributed by atoms with Gasteiger partial charge in [-0.25, -0.2) is 0 Å². The van der Waals surface area contributed by atoms with Crippen LogP contribution in [0.4, 0.5) is 10.0 Å². The van der Waals surface area contributed by atoms with Gasteiger partial charge in [0.15, 0.2) is 11.6 Å². The molecule has 0 saturated carbocycles. The summed E-state index contributed by atoms with van der Waals surface area (Å²) in [4.78, 5) is 44.0. The minimum Gasteiger partial charge on any atom is -0.289 e. The summed E-state index contributed by atoms with van der Waals surface area (Å²) in [5.41, 5.74) is 2.49. The molecule has 0 radical (unpaired) electrons. The van der Waals surface area contributed by atoms with Gasteiger partial charge in [-0.2, -0.15) is 0 Å². The molecule has 5 aromatic rings. The molecule has 0 saturated heterocycles. The van der Waals surface area contributed by atoms with Crippen LogP contribution in [0, 0.1) is 20.2 Å². The summed E-state index contributed by atoms with van der Waals surface area (Å²) >= 11 is 9.26. The number of rotatable bonds is 8. The van der Waals surface area contributed by atoms with E-state index in [0.29, 0.717) is 10.6 Å². The first-order valence-corrected chi connectivity index (χ1v) is 14.4. The van der Waals surface area contributed by atoms with Gasteiger partial charge in [0.05, 0.1) is 9.85 Å². The van der Waals surface area contributed by atoms with Gasteiger partial charge in [0.1, 0.15) is 0 Å². The van der Waals surface area contributed by atoms with Crippen molar-refractivity contribution >= 4 is 89.4 Å². The highest BCUT2D eigenvalue weighted by atomic mass is 35.5. The maximum absolute atomic E-state index is 12.3. The number of carbonyl (C=O) groups excluding carboxylic acids is 2. The van der Waals surface area contributed by atoms with Crippen molar-refractivity contribution in [2.75, 3.05) is 0 Å². The van der Waals surface area contributed by atoms with Gasteiger partial charge in [-0.05, 0) is 47.6 Å². The van der Waals surface area contributed by atoms with Crippen LogP contribution in [-0.2, 0) is 0 Å². The third-order valence-corrected chi connectivity index (χ3v) is 8.30. The van der Waals surface area contributed by atoms with Gasteiger partial charge < -0.3 is 0 Å². The standard InChI is InChI=1S/C17H11ClOS.C11H6N2O5S2/c18-13-8-5-12(6-9-13)7-10-16(19)15-11-20-17-4-2-1-3-14(15)17;14-9(8-4-11(13(17)18)20-6-8)2-1-7-3-10(12(15)16)19-5-7/h1-11H;1-6H. The lowest BCUT2D eigenvalue weighted by Gasteiger charge is -1.95. The second-order valence-electron chi connectivity index (χ2n) is 8.00. The van der Waals surface area contributed by atoms with E-state index in [1.54, 1.807) is 22.8 Å². The topological polar surface area (TPSA) is 120 Å². The Morgan fingerprint density at radius 3 is 2.02 bits per heavy atom. The van der Waals surface area contributed by atoms with Crippen LogP contribution < -0.4 is 0 Å². The Bertz CT molecular complexity index is 1770. The molecule has 0 spiro atoms. The second-order valence-corrected chi connectivity index (χ2v) is 11.1. The molecule has 0 amide bonds. The quantitative estimate of drug-likeness (QED) is 0.0750. The van der Waals surface area contributed by atoms with Crippen molar-refractivity contribution in [2.45, 2.75) is 0 Å². The van der Waals surface area contributed by atoms with E-state index in [1.807, 2.05) is 60.0 Å². The minimum absolute atomic E-state index is 0.0109. The fourth-order valence-electron chi connectivity index (χ4n) is 3.34. The zero-order valence-corrected chi connectivity index (χ0v) is 23.5. The number of nitro groups is 2. The van der Waals surface area contributed by atoms with E-state index in [4.69, 9.17) is 11.6 Å². The lowest BCUT2D eigenvalue weighted by atomic mass is 10.1. The van der Waals surface area contributed by atoms with Gasteiger partial charge in [-0.3, -0.25) is 29.8 Å². The molecular formula is C28H17ClN2O6S3. The summed E-state index contributed by atoms with van der Waals surface area (Å²) < 4.78 is 1.13. The Morgan fingerprint density at radius 2 is 1.35 bits per heavy atom. The van der Waals surface area contributed by atoms with Gasteiger partial charge in [0, 0.05) is 54.5 Å². The summed E-state index contributed by atoms with van der Waals surface area (Å²) in [5, 5.41) is 27.5. The van der Waals surface area contributed by atoms with Crippen molar-refractivity contribution in [2.24, 2.45) is 0 Å². The molecule has 12 heteroatoms. The van der Waals surface area contributed by atoms with Crippen molar-refractivity contribution < 1.29 is 19.4 Å². The maximum atomic E-state index is 12.3. The molecule has 8 nitrogen and oxygen atoms in total. The van der Waals surface area contributed by atoms with E-state index < -0.39 is 9.85 Å². The molecule has 0 bridgehead atoms. The zero-order chi connectivity index (χ0) is 28.6. The fraction of sp³-hybridized carbons (Fsp3) is 0. The highest BCUT2D eigenvalue weighted by Gasteiger charge is 2.14. The number of hydrogen-bond donors (Lipinski definition) is 0. The highest BCUT2D eigenvalue weighted by Crippen LogP contribution is 2.27. The summed E-state index contributed by atoms with van der Waals surface area (Å²) in [5.74, 6) is -0.361. The lowest BCUT2D eigenvalue weighted by Crippen LogP contribution is -1.91. The minimum atomic E-state index is -0.562. The van der Waals surface area contributed by atoms with Gasteiger partial charge in [-0.15, -0.1) is 11.3 Å². The zero-order valence-electron chi connectivity index (χ0n) is 20.3. The predicted molar refractivity (Wildman–Crippen MR) is 162 cm³/mol. The summed E-state index contributed by atoms with van der Waals surface area (Å²) in [6.07, 6.45) is 6.09. The van der Waals surface area contributed by atoms with Crippen molar-refractivity contribution in [3.8, 4) is 0 Å². The molecule has 0 unspecified atom stereocenters. The number of carbonyl (C=O) groups is 2. The van der Waals surface area contributed by atoms with Crippen molar-refractivity contribution in [1.29, 1.82) is 0 Å². The molecule has 0 atom stereocenters. The van der Waals surface area contributed by atoms with E-state index in [2.05, 4.69) is 0 Å². The first kappa shape index (κ1) is 28.7. The van der Waals surface area contributed by atoms with Crippen LogP contribution >= 0.6 is 45.6 Å². The summed E-state index contributed by atoms with van der Waals surface area (Å²) in [6, 6.07) is 17.9. The third kappa shape index (κ3) is 7.42. The van der Waals surface area contributed by atoms with E-state index in [-0.39, 0.29) is 27.1 Å². The van der Waals surface area contributed by atoms with Crippen LogP contribution in [0.15, 0.2) is 89.0 Å². The molecule has 2 aromatic carbocycles. The normalized spacial score (nSPS) is 11.0. The van der Waals surface area contributed by atoms with Crippen LogP contribution in [0.25, 0.3) is 22.2 Å². The average Bonchev–Trinajstić information content (AvgIpc) is 3.71. The Hall–Kier alpha value is -4.29.